The molecule has 3 N–H and O–H groups in total. The molecule has 0 radical (unpaired) electrons. The third-order valence-electron chi connectivity index (χ3n) is 2.97. The highest BCUT2D eigenvalue weighted by Gasteiger charge is 2.08. The number of ether oxygens (including phenoxy) is 1. The number of amides is 1. The average molecular weight is 264 g/mol. The second-order valence-electron chi connectivity index (χ2n) is 4.77. The first-order valence-electron chi connectivity index (χ1n) is 6.87. The molecule has 4 heteroatoms. The Balaban J connectivity index is 2.46. The SMILES string of the molecule is CCCC(C)NC(=O)COc1ccc(CC)cc1N. The molecule has 0 aliphatic heterocycles. The van der Waals surface area contributed by atoms with Crippen LogP contribution < -0.4 is 15.8 Å². The minimum atomic E-state index is -0.111. The molecule has 1 atom stereocenters. The van der Waals surface area contributed by atoms with Crippen molar-refractivity contribution in [3.8, 4) is 5.75 Å². The summed E-state index contributed by atoms with van der Waals surface area (Å²) in [7, 11) is 0. The van der Waals surface area contributed by atoms with Gasteiger partial charge < -0.3 is 15.8 Å². The number of carbonyl (C=O) groups is 1. The highest BCUT2D eigenvalue weighted by molar-refractivity contribution is 5.78. The first kappa shape index (κ1) is 15.3. The average Bonchev–Trinajstić information content (AvgIpc) is 2.37. The zero-order chi connectivity index (χ0) is 14.3. The van der Waals surface area contributed by atoms with E-state index in [0.717, 1.165) is 24.8 Å². The Kier molecular flexibility index (Phi) is 6.19. The van der Waals surface area contributed by atoms with Crippen molar-refractivity contribution < 1.29 is 9.53 Å². The van der Waals surface area contributed by atoms with Crippen LogP contribution in [0, 0.1) is 0 Å². The number of hydrogen-bond acceptors (Lipinski definition) is 3. The Labute approximate surface area is 115 Å². The van der Waals surface area contributed by atoms with E-state index < -0.39 is 0 Å². The van der Waals surface area contributed by atoms with Gasteiger partial charge in [0.2, 0.25) is 0 Å². The summed E-state index contributed by atoms with van der Waals surface area (Å²) in [6.07, 6.45) is 2.95. The molecule has 0 heterocycles. The highest BCUT2D eigenvalue weighted by Crippen LogP contribution is 2.22. The normalized spacial score (nSPS) is 11.9. The van der Waals surface area contributed by atoms with E-state index in [4.69, 9.17) is 10.5 Å². The van der Waals surface area contributed by atoms with Gasteiger partial charge in [-0.2, -0.15) is 0 Å². The molecule has 19 heavy (non-hydrogen) atoms. The lowest BCUT2D eigenvalue weighted by molar-refractivity contribution is -0.123. The molecule has 4 nitrogen and oxygen atoms in total. The van der Waals surface area contributed by atoms with Crippen LogP contribution in [0.25, 0.3) is 0 Å². The zero-order valence-corrected chi connectivity index (χ0v) is 12.0. The van der Waals surface area contributed by atoms with Crippen molar-refractivity contribution in [2.45, 2.75) is 46.1 Å². The number of nitrogens with two attached hydrogens (primary N) is 1. The molecule has 1 aromatic rings. The molecule has 1 amide bonds. The Hall–Kier alpha value is -1.71. The number of carbonyl (C=O) groups excluding carboxylic acids is 1. The van der Waals surface area contributed by atoms with E-state index in [2.05, 4.69) is 19.2 Å². The largest absolute Gasteiger partial charge is 0.482 e. The number of nitrogen functional groups attached to an aromatic ring is 1. The van der Waals surface area contributed by atoms with Gasteiger partial charge in [-0.3, -0.25) is 4.79 Å². The van der Waals surface area contributed by atoms with Crippen molar-refractivity contribution in [3.63, 3.8) is 0 Å². The minimum Gasteiger partial charge on any atom is -0.482 e. The minimum absolute atomic E-state index is 0.00370. The van der Waals surface area contributed by atoms with E-state index in [9.17, 15) is 4.79 Å². The summed E-state index contributed by atoms with van der Waals surface area (Å²) in [5.74, 6) is 0.454. The fourth-order valence-electron chi connectivity index (χ4n) is 1.91. The molecule has 0 fully saturated rings. The van der Waals surface area contributed by atoms with Crippen molar-refractivity contribution in [2.75, 3.05) is 12.3 Å². The van der Waals surface area contributed by atoms with Crippen molar-refractivity contribution in [2.24, 2.45) is 0 Å². The van der Waals surface area contributed by atoms with Gasteiger partial charge in [-0.1, -0.05) is 26.3 Å². The summed E-state index contributed by atoms with van der Waals surface area (Å²) in [6.45, 7) is 6.16. The maximum Gasteiger partial charge on any atom is 0.258 e. The molecule has 1 rings (SSSR count). The van der Waals surface area contributed by atoms with Gasteiger partial charge in [0, 0.05) is 6.04 Å². The second kappa shape index (κ2) is 7.67. The summed E-state index contributed by atoms with van der Waals surface area (Å²) in [4.78, 5) is 11.7. The fraction of sp³-hybridized carbons (Fsp3) is 0.533. The predicted octanol–water partition coefficient (Wildman–Crippen LogP) is 2.51. The van der Waals surface area contributed by atoms with E-state index >= 15 is 0 Å². The number of rotatable bonds is 7. The first-order valence-corrected chi connectivity index (χ1v) is 6.87. The van der Waals surface area contributed by atoms with Gasteiger partial charge >= 0.3 is 0 Å². The van der Waals surface area contributed by atoms with Crippen molar-refractivity contribution in [1.82, 2.24) is 5.32 Å². The first-order chi connectivity index (χ1) is 9.06. The smallest absolute Gasteiger partial charge is 0.258 e. The van der Waals surface area contributed by atoms with Gasteiger partial charge in [-0.15, -0.1) is 0 Å². The Morgan fingerprint density at radius 1 is 1.42 bits per heavy atom. The standard InChI is InChI=1S/C15H24N2O2/c1-4-6-11(3)17-15(18)10-19-14-8-7-12(5-2)9-13(14)16/h7-9,11H,4-6,10,16H2,1-3H3,(H,17,18). The Morgan fingerprint density at radius 2 is 2.16 bits per heavy atom. The molecular weight excluding hydrogens is 240 g/mol. The van der Waals surface area contributed by atoms with Gasteiger partial charge in [-0.05, 0) is 37.5 Å². The van der Waals surface area contributed by atoms with E-state index in [-0.39, 0.29) is 18.6 Å². The van der Waals surface area contributed by atoms with Gasteiger partial charge in [0.25, 0.3) is 5.91 Å². The molecule has 1 aromatic carbocycles. The number of hydrogen-bond donors (Lipinski definition) is 2. The number of anilines is 1. The van der Waals surface area contributed by atoms with Crippen LogP contribution in [0.5, 0.6) is 5.75 Å². The summed E-state index contributed by atoms with van der Waals surface area (Å²) < 4.78 is 5.44. The van der Waals surface area contributed by atoms with Crippen LogP contribution >= 0.6 is 0 Å². The van der Waals surface area contributed by atoms with Crippen LogP contribution in [-0.4, -0.2) is 18.6 Å². The number of benzene rings is 1. The quantitative estimate of drug-likeness (QED) is 0.744. The molecule has 1 unspecified atom stereocenters. The maximum absolute atomic E-state index is 11.7. The lowest BCUT2D eigenvalue weighted by Gasteiger charge is -2.14. The predicted molar refractivity (Wildman–Crippen MR) is 78.2 cm³/mol. The van der Waals surface area contributed by atoms with E-state index in [0.29, 0.717) is 11.4 Å². The van der Waals surface area contributed by atoms with Gasteiger partial charge in [0.05, 0.1) is 5.69 Å². The third-order valence-corrected chi connectivity index (χ3v) is 2.97. The summed E-state index contributed by atoms with van der Waals surface area (Å²) in [5, 5.41) is 2.89. The molecule has 0 spiro atoms. The van der Waals surface area contributed by atoms with Crippen LogP contribution in [-0.2, 0) is 11.2 Å². The van der Waals surface area contributed by atoms with Crippen LogP contribution in [0.2, 0.25) is 0 Å². The van der Waals surface area contributed by atoms with E-state index in [1.165, 1.54) is 0 Å². The zero-order valence-electron chi connectivity index (χ0n) is 12.0. The number of nitrogens with one attached hydrogen (secondary N) is 1. The van der Waals surface area contributed by atoms with Crippen LogP contribution in [0.4, 0.5) is 5.69 Å². The fourth-order valence-corrected chi connectivity index (χ4v) is 1.91. The molecule has 0 aliphatic carbocycles. The van der Waals surface area contributed by atoms with Gasteiger partial charge in [0.15, 0.2) is 6.61 Å². The lowest BCUT2D eigenvalue weighted by atomic mass is 10.1. The monoisotopic (exact) mass is 264 g/mol. The molecule has 0 bridgehead atoms. The van der Waals surface area contributed by atoms with Crippen LogP contribution in [0.1, 0.15) is 39.2 Å². The van der Waals surface area contributed by atoms with Crippen LogP contribution in [0.3, 0.4) is 0 Å². The second-order valence-corrected chi connectivity index (χ2v) is 4.77. The maximum atomic E-state index is 11.7. The molecule has 0 saturated carbocycles. The highest BCUT2D eigenvalue weighted by atomic mass is 16.5. The Bertz CT molecular complexity index is 419. The third kappa shape index (κ3) is 5.20. The number of aryl methyl sites for hydroxylation is 1. The summed E-state index contributed by atoms with van der Waals surface area (Å²) >= 11 is 0. The lowest BCUT2D eigenvalue weighted by Crippen LogP contribution is -2.36. The Morgan fingerprint density at radius 3 is 2.74 bits per heavy atom. The van der Waals surface area contributed by atoms with Crippen molar-refractivity contribution >= 4 is 11.6 Å². The van der Waals surface area contributed by atoms with Crippen molar-refractivity contribution in [3.05, 3.63) is 23.8 Å². The molecular formula is C15H24N2O2. The summed E-state index contributed by atoms with van der Waals surface area (Å²) in [6, 6.07) is 5.84. The van der Waals surface area contributed by atoms with Crippen LogP contribution in [0.15, 0.2) is 18.2 Å². The topological polar surface area (TPSA) is 64.3 Å². The molecule has 0 aromatic heterocycles. The molecule has 0 aliphatic rings. The van der Waals surface area contributed by atoms with E-state index in [1.807, 2.05) is 25.1 Å². The van der Waals surface area contributed by atoms with Crippen molar-refractivity contribution in [1.29, 1.82) is 0 Å². The van der Waals surface area contributed by atoms with E-state index in [1.54, 1.807) is 0 Å². The molecule has 0 saturated heterocycles. The van der Waals surface area contributed by atoms with Gasteiger partial charge in [0.1, 0.15) is 5.75 Å². The van der Waals surface area contributed by atoms with Gasteiger partial charge in [-0.25, -0.2) is 0 Å². The molecule has 106 valence electrons. The summed E-state index contributed by atoms with van der Waals surface area (Å²) in [5.41, 5.74) is 7.61.